The van der Waals surface area contributed by atoms with Crippen molar-refractivity contribution in [2.45, 2.75) is 52.2 Å². The van der Waals surface area contributed by atoms with Gasteiger partial charge < -0.3 is 9.47 Å². The average Bonchev–Trinajstić information content (AvgIpc) is 2.59. The van der Waals surface area contributed by atoms with Crippen molar-refractivity contribution in [3.8, 4) is 0 Å². The van der Waals surface area contributed by atoms with Gasteiger partial charge in [-0.3, -0.25) is 4.79 Å². The summed E-state index contributed by atoms with van der Waals surface area (Å²) in [6, 6.07) is 0. The van der Waals surface area contributed by atoms with Crippen LogP contribution in [0.5, 0.6) is 0 Å². The molecule has 0 radical (unpaired) electrons. The first-order valence-corrected chi connectivity index (χ1v) is 6.62. The molecule has 1 aliphatic heterocycles. The molecule has 0 aromatic carbocycles. The second-order valence-electron chi connectivity index (χ2n) is 7.30. The van der Waals surface area contributed by atoms with Crippen LogP contribution < -0.4 is 0 Å². The molecule has 0 N–H and O–H groups in total. The number of ether oxygens (including phenoxy) is 2. The van der Waals surface area contributed by atoms with E-state index in [9.17, 15) is 4.79 Å². The molecule has 3 rings (SSSR count). The Labute approximate surface area is 103 Å². The molecule has 1 spiro atoms. The van der Waals surface area contributed by atoms with Crippen LogP contribution in [0.3, 0.4) is 0 Å². The Morgan fingerprint density at radius 3 is 2.41 bits per heavy atom. The highest BCUT2D eigenvalue weighted by atomic mass is 16.7. The Kier molecular flexibility index (Phi) is 2.28. The Bertz CT molecular complexity index is 350. The number of fused-ring (bicyclic) bond motifs is 1. The monoisotopic (exact) mass is 238 g/mol. The number of ketones is 1. The molecule has 2 aliphatic carbocycles. The SMILES string of the molecule is CC1(C)COC2(C[C@@H]3CC(=O)C[C@]3(C)C2)OC1. The fourth-order valence-electron chi connectivity index (χ4n) is 3.73. The van der Waals surface area contributed by atoms with Gasteiger partial charge in [0.2, 0.25) is 0 Å². The Balaban J connectivity index is 1.75. The summed E-state index contributed by atoms with van der Waals surface area (Å²) in [5.41, 5.74) is 0.248. The molecular weight excluding hydrogens is 216 g/mol. The minimum Gasteiger partial charge on any atom is -0.349 e. The van der Waals surface area contributed by atoms with Crippen molar-refractivity contribution in [3.63, 3.8) is 0 Å². The van der Waals surface area contributed by atoms with E-state index < -0.39 is 0 Å². The number of carbonyl (C=O) groups is 1. The van der Waals surface area contributed by atoms with Crippen molar-refractivity contribution >= 4 is 5.78 Å². The van der Waals surface area contributed by atoms with E-state index in [-0.39, 0.29) is 16.6 Å². The van der Waals surface area contributed by atoms with Gasteiger partial charge in [0.1, 0.15) is 5.78 Å². The maximum atomic E-state index is 11.6. The standard InChI is InChI=1S/C14H22O3/c1-12(2)8-16-14(17-9-12)5-10-4-11(15)6-13(10,3)7-14/h10H,4-9H2,1-3H3/t10-,13+/m0/s1. The first-order chi connectivity index (χ1) is 7.83. The van der Waals surface area contributed by atoms with E-state index in [4.69, 9.17) is 9.47 Å². The van der Waals surface area contributed by atoms with Gasteiger partial charge in [-0.2, -0.15) is 0 Å². The molecule has 3 heteroatoms. The van der Waals surface area contributed by atoms with Gasteiger partial charge >= 0.3 is 0 Å². The second-order valence-corrected chi connectivity index (χ2v) is 7.30. The third kappa shape index (κ3) is 1.84. The molecule has 3 nitrogen and oxygen atoms in total. The summed E-state index contributed by atoms with van der Waals surface area (Å²) in [6.07, 6.45) is 3.25. The van der Waals surface area contributed by atoms with Gasteiger partial charge in [0.05, 0.1) is 13.2 Å². The van der Waals surface area contributed by atoms with E-state index >= 15 is 0 Å². The number of hydrogen-bond acceptors (Lipinski definition) is 3. The van der Waals surface area contributed by atoms with E-state index in [0.717, 1.165) is 38.9 Å². The lowest BCUT2D eigenvalue weighted by molar-refractivity contribution is -0.298. The van der Waals surface area contributed by atoms with Crippen LogP contribution in [0, 0.1) is 16.7 Å². The smallest absolute Gasteiger partial charge is 0.169 e. The maximum Gasteiger partial charge on any atom is 0.169 e. The molecule has 96 valence electrons. The number of carbonyl (C=O) groups excluding carboxylic acids is 1. The molecule has 1 saturated heterocycles. The third-order valence-electron chi connectivity index (χ3n) is 4.74. The minimum atomic E-state index is -0.379. The average molecular weight is 238 g/mol. The predicted octanol–water partition coefficient (Wildman–Crippen LogP) is 2.53. The molecule has 2 atom stereocenters. The van der Waals surface area contributed by atoms with Crippen LogP contribution in [0.4, 0.5) is 0 Å². The number of rotatable bonds is 0. The first kappa shape index (κ1) is 11.7. The summed E-state index contributed by atoms with van der Waals surface area (Å²) in [7, 11) is 0. The Morgan fingerprint density at radius 1 is 1.18 bits per heavy atom. The lowest BCUT2D eigenvalue weighted by atomic mass is 9.83. The fourth-order valence-corrected chi connectivity index (χ4v) is 3.73. The molecule has 2 saturated carbocycles. The quantitative estimate of drug-likeness (QED) is 0.650. The molecule has 17 heavy (non-hydrogen) atoms. The first-order valence-electron chi connectivity index (χ1n) is 6.62. The molecule has 0 bridgehead atoms. The van der Waals surface area contributed by atoms with Crippen molar-refractivity contribution in [1.82, 2.24) is 0 Å². The van der Waals surface area contributed by atoms with Crippen LogP contribution in [0.25, 0.3) is 0 Å². The van der Waals surface area contributed by atoms with E-state index in [1.54, 1.807) is 0 Å². The molecule has 1 heterocycles. The van der Waals surface area contributed by atoms with Crippen molar-refractivity contribution in [2.24, 2.45) is 16.7 Å². The summed E-state index contributed by atoms with van der Waals surface area (Å²) in [6.45, 7) is 8.10. The van der Waals surface area contributed by atoms with Crippen LogP contribution in [0.1, 0.15) is 46.5 Å². The lowest BCUT2D eigenvalue weighted by Crippen LogP contribution is -2.46. The highest BCUT2D eigenvalue weighted by Gasteiger charge is 2.59. The van der Waals surface area contributed by atoms with Gasteiger partial charge in [0, 0.05) is 31.1 Å². The third-order valence-corrected chi connectivity index (χ3v) is 4.74. The highest BCUT2D eigenvalue weighted by molar-refractivity contribution is 5.82. The highest BCUT2D eigenvalue weighted by Crippen LogP contribution is 2.58. The topological polar surface area (TPSA) is 35.5 Å². The van der Waals surface area contributed by atoms with E-state index in [1.807, 2.05) is 0 Å². The van der Waals surface area contributed by atoms with Crippen LogP contribution in [-0.2, 0) is 14.3 Å². The van der Waals surface area contributed by atoms with E-state index in [2.05, 4.69) is 20.8 Å². The zero-order valence-electron chi connectivity index (χ0n) is 11.0. The minimum absolute atomic E-state index is 0.124. The fraction of sp³-hybridized carbons (Fsp3) is 0.929. The molecular formula is C14H22O3. The van der Waals surface area contributed by atoms with Crippen LogP contribution >= 0.6 is 0 Å². The van der Waals surface area contributed by atoms with Crippen molar-refractivity contribution in [1.29, 1.82) is 0 Å². The van der Waals surface area contributed by atoms with Crippen LogP contribution in [0.2, 0.25) is 0 Å². The van der Waals surface area contributed by atoms with E-state index in [0.29, 0.717) is 11.7 Å². The van der Waals surface area contributed by atoms with Gasteiger partial charge in [-0.1, -0.05) is 20.8 Å². The van der Waals surface area contributed by atoms with Gasteiger partial charge in [0.15, 0.2) is 5.79 Å². The van der Waals surface area contributed by atoms with Gasteiger partial charge in [-0.15, -0.1) is 0 Å². The van der Waals surface area contributed by atoms with Crippen LogP contribution in [-0.4, -0.2) is 24.8 Å². The Morgan fingerprint density at radius 2 is 1.82 bits per heavy atom. The molecule has 0 unspecified atom stereocenters. The van der Waals surface area contributed by atoms with Crippen molar-refractivity contribution in [3.05, 3.63) is 0 Å². The van der Waals surface area contributed by atoms with Gasteiger partial charge in [-0.25, -0.2) is 0 Å². The maximum absolute atomic E-state index is 11.6. The zero-order valence-corrected chi connectivity index (χ0v) is 11.0. The second kappa shape index (κ2) is 3.33. The zero-order chi connectivity index (χ0) is 12.3. The lowest BCUT2D eigenvalue weighted by Gasteiger charge is -2.42. The molecule has 0 amide bonds. The van der Waals surface area contributed by atoms with Gasteiger partial charge in [0.25, 0.3) is 0 Å². The molecule has 0 aromatic heterocycles. The largest absolute Gasteiger partial charge is 0.349 e. The summed E-state index contributed by atoms with van der Waals surface area (Å²) < 4.78 is 12.1. The normalized spacial score (nSPS) is 43.0. The predicted molar refractivity (Wildman–Crippen MR) is 63.5 cm³/mol. The summed E-state index contributed by atoms with van der Waals surface area (Å²) in [4.78, 5) is 11.6. The summed E-state index contributed by atoms with van der Waals surface area (Å²) in [5.74, 6) is 0.509. The molecule has 3 fully saturated rings. The van der Waals surface area contributed by atoms with Crippen molar-refractivity contribution in [2.75, 3.05) is 13.2 Å². The van der Waals surface area contributed by atoms with Crippen LogP contribution in [0.15, 0.2) is 0 Å². The summed E-state index contributed by atoms with van der Waals surface area (Å²) >= 11 is 0. The van der Waals surface area contributed by atoms with Gasteiger partial charge in [-0.05, 0) is 11.3 Å². The molecule has 0 aromatic rings. The number of hydrogen-bond donors (Lipinski definition) is 0. The Hall–Kier alpha value is -0.410. The van der Waals surface area contributed by atoms with E-state index in [1.165, 1.54) is 0 Å². The molecule has 3 aliphatic rings. The summed E-state index contributed by atoms with van der Waals surface area (Å²) in [5, 5.41) is 0. The van der Waals surface area contributed by atoms with Crippen molar-refractivity contribution < 1.29 is 14.3 Å². The number of Topliss-reactive ketones (excluding diaryl/α,β-unsaturated/α-hetero) is 1.